The minimum atomic E-state index is -0.964. The van der Waals surface area contributed by atoms with Crippen molar-refractivity contribution >= 4 is 11.5 Å². The Morgan fingerprint density at radius 2 is 2.05 bits per heavy atom. The minimum Gasteiger partial charge on any atom is -0.497 e. The van der Waals surface area contributed by atoms with Crippen LogP contribution in [0.5, 0.6) is 5.75 Å². The molecule has 0 radical (unpaired) electrons. The lowest BCUT2D eigenvalue weighted by atomic mass is 10.0. The molecule has 0 amide bonds. The number of aliphatic carboxylic acids is 1. The first-order chi connectivity index (χ1) is 9.60. The van der Waals surface area contributed by atoms with Gasteiger partial charge in [0.05, 0.1) is 7.11 Å². The van der Waals surface area contributed by atoms with Gasteiger partial charge in [-0.15, -0.1) is 0 Å². The molecule has 102 valence electrons. The van der Waals surface area contributed by atoms with Gasteiger partial charge in [0.25, 0.3) is 0 Å². The van der Waals surface area contributed by atoms with E-state index in [-0.39, 0.29) is 0 Å². The second-order valence-corrected chi connectivity index (χ2v) is 4.36. The highest BCUT2D eigenvalue weighted by molar-refractivity contribution is 5.89. The van der Waals surface area contributed by atoms with Crippen molar-refractivity contribution in [3.8, 4) is 16.9 Å². The van der Waals surface area contributed by atoms with Crippen LogP contribution in [0.1, 0.15) is 12.5 Å². The van der Waals surface area contributed by atoms with Gasteiger partial charge in [-0.25, -0.2) is 4.79 Å². The molecule has 4 heteroatoms. The van der Waals surface area contributed by atoms with Crippen molar-refractivity contribution in [1.29, 1.82) is 0 Å². The quantitative estimate of drug-likeness (QED) is 0.865. The molecule has 0 aliphatic carbocycles. The zero-order valence-corrected chi connectivity index (χ0v) is 11.3. The summed E-state index contributed by atoms with van der Waals surface area (Å²) in [6, 6.07) is 9.56. The molecular formula is C16H15NO3. The zero-order chi connectivity index (χ0) is 14.5. The number of rotatable bonds is 4. The molecule has 0 atom stereocenters. The van der Waals surface area contributed by atoms with Gasteiger partial charge in [0.15, 0.2) is 0 Å². The van der Waals surface area contributed by atoms with Crippen molar-refractivity contribution in [1.82, 2.24) is 4.98 Å². The van der Waals surface area contributed by atoms with Crippen LogP contribution in [0.3, 0.4) is 0 Å². The first kappa shape index (κ1) is 13.8. The Hall–Kier alpha value is -2.62. The standard InChI is InChI=1S/C16H15NO3/c1-11(6-16(18)19)13-7-14(10-17-9-13)12-4-3-5-15(8-12)20-2/h3-10H,1-2H3,(H,18,19)/b11-6+. The van der Waals surface area contributed by atoms with Crippen molar-refractivity contribution in [2.24, 2.45) is 0 Å². The predicted molar refractivity (Wildman–Crippen MR) is 77.5 cm³/mol. The number of allylic oxidation sites excluding steroid dienone is 1. The van der Waals surface area contributed by atoms with E-state index in [9.17, 15) is 4.79 Å². The van der Waals surface area contributed by atoms with Crippen molar-refractivity contribution < 1.29 is 14.6 Å². The van der Waals surface area contributed by atoms with Crippen molar-refractivity contribution in [3.05, 3.63) is 54.4 Å². The topological polar surface area (TPSA) is 59.4 Å². The van der Waals surface area contributed by atoms with Crippen molar-refractivity contribution in [2.75, 3.05) is 7.11 Å². The Morgan fingerprint density at radius 1 is 1.25 bits per heavy atom. The summed E-state index contributed by atoms with van der Waals surface area (Å²) in [5, 5.41) is 8.79. The summed E-state index contributed by atoms with van der Waals surface area (Å²) in [5.41, 5.74) is 3.34. The van der Waals surface area contributed by atoms with Gasteiger partial charge in [0.2, 0.25) is 0 Å². The Kier molecular flexibility index (Phi) is 4.15. The van der Waals surface area contributed by atoms with E-state index in [1.165, 1.54) is 6.08 Å². The molecule has 1 N–H and O–H groups in total. The summed E-state index contributed by atoms with van der Waals surface area (Å²) >= 11 is 0. The molecular weight excluding hydrogens is 254 g/mol. The third-order valence-corrected chi connectivity index (χ3v) is 2.94. The second kappa shape index (κ2) is 6.02. The van der Waals surface area contributed by atoms with E-state index in [2.05, 4.69) is 4.98 Å². The molecule has 0 spiro atoms. The highest BCUT2D eigenvalue weighted by Crippen LogP contribution is 2.25. The summed E-state index contributed by atoms with van der Waals surface area (Å²) in [5.74, 6) is -0.194. The van der Waals surface area contributed by atoms with E-state index in [0.29, 0.717) is 5.57 Å². The fraction of sp³-hybridized carbons (Fsp3) is 0.125. The van der Waals surface area contributed by atoms with Gasteiger partial charge in [0, 0.05) is 24.0 Å². The number of aromatic nitrogens is 1. The summed E-state index contributed by atoms with van der Waals surface area (Å²) in [6.45, 7) is 1.75. The van der Waals surface area contributed by atoms with Gasteiger partial charge in [-0.05, 0) is 41.8 Å². The zero-order valence-electron chi connectivity index (χ0n) is 11.3. The van der Waals surface area contributed by atoms with Crippen LogP contribution in [0.25, 0.3) is 16.7 Å². The molecule has 0 unspecified atom stereocenters. The molecule has 20 heavy (non-hydrogen) atoms. The number of carboxylic acids is 1. The Balaban J connectivity index is 2.41. The van der Waals surface area contributed by atoms with Crippen molar-refractivity contribution in [2.45, 2.75) is 6.92 Å². The maximum absolute atomic E-state index is 10.7. The van der Waals surface area contributed by atoms with Crippen molar-refractivity contribution in [3.63, 3.8) is 0 Å². The first-order valence-corrected chi connectivity index (χ1v) is 6.11. The molecule has 0 fully saturated rings. The number of hydrogen-bond donors (Lipinski definition) is 1. The highest BCUT2D eigenvalue weighted by atomic mass is 16.5. The minimum absolute atomic E-state index is 0.662. The lowest BCUT2D eigenvalue weighted by molar-refractivity contribution is -0.131. The molecule has 0 saturated carbocycles. The van der Waals surface area contributed by atoms with E-state index in [1.807, 2.05) is 30.3 Å². The number of benzene rings is 1. The lowest BCUT2D eigenvalue weighted by Crippen LogP contribution is -1.91. The molecule has 1 aromatic heterocycles. The van der Waals surface area contributed by atoms with Crippen LogP contribution in [-0.2, 0) is 4.79 Å². The smallest absolute Gasteiger partial charge is 0.328 e. The van der Waals surface area contributed by atoms with E-state index in [4.69, 9.17) is 9.84 Å². The lowest BCUT2D eigenvalue weighted by Gasteiger charge is -2.07. The van der Waals surface area contributed by atoms with Gasteiger partial charge in [-0.1, -0.05) is 12.1 Å². The summed E-state index contributed by atoms with van der Waals surface area (Å²) in [6.07, 6.45) is 4.57. The molecule has 1 heterocycles. The Labute approximate surface area is 117 Å². The Morgan fingerprint density at radius 3 is 2.75 bits per heavy atom. The second-order valence-electron chi connectivity index (χ2n) is 4.36. The third kappa shape index (κ3) is 3.23. The number of nitrogens with zero attached hydrogens (tertiary/aromatic N) is 1. The number of carbonyl (C=O) groups is 1. The number of hydrogen-bond acceptors (Lipinski definition) is 3. The normalized spacial score (nSPS) is 11.2. The largest absolute Gasteiger partial charge is 0.497 e. The number of methoxy groups -OCH3 is 1. The van der Waals surface area contributed by atoms with Gasteiger partial charge in [-0.2, -0.15) is 0 Å². The first-order valence-electron chi connectivity index (χ1n) is 6.11. The van der Waals surface area contributed by atoms with Crippen LogP contribution in [-0.4, -0.2) is 23.2 Å². The molecule has 0 aliphatic rings. The average molecular weight is 269 g/mol. The van der Waals surface area contributed by atoms with Crippen LogP contribution in [0, 0.1) is 0 Å². The monoisotopic (exact) mass is 269 g/mol. The van der Waals surface area contributed by atoms with Gasteiger partial charge >= 0.3 is 5.97 Å². The van der Waals surface area contributed by atoms with Gasteiger partial charge in [0.1, 0.15) is 5.75 Å². The fourth-order valence-corrected chi connectivity index (χ4v) is 1.88. The van der Waals surface area contributed by atoms with E-state index >= 15 is 0 Å². The maximum atomic E-state index is 10.7. The molecule has 2 aromatic rings. The van der Waals surface area contributed by atoms with E-state index in [0.717, 1.165) is 22.4 Å². The summed E-state index contributed by atoms with van der Waals surface area (Å²) in [4.78, 5) is 14.9. The number of carboxylic acid groups (broad SMARTS) is 1. The van der Waals surface area contributed by atoms with E-state index < -0.39 is 5.97 Å². The van der Waals surface area contributed by atoms with E-state index in [1.54, 1.807) is 26.4 Å². The predicted octanol–water partition coefficient (Wildman–Crippen LogP) is 3.25. The Bertz CT molecular complexity index is 662. The molecule has 4 nitrogen and oxygen atoms in total. The fourth-order valence-electron chi connectivity index (χ4n) is 1.88. The molecule has 0 saturated heterocycles. The van der Waals surface area contributed by atoms with Crippen LogP contribution in [0.15, 0.2) is 48.8 Å². The maximum Gasteiger partial charge on any atom is 0.328 e. The van der Waals surface area contributed by atoms with Crippen LogP contribution in [0.4, 0.5) is 0 Å². The summed E-state index contributed by atoms with van der Waals surface area (Å²) in [7, 11) is 1.62. The van der Waals surface area contributed by atoms with Crippen LogP contribution >= 0.6 is 0 Å². The highest BCUT2D eigenvalue weighted by Gasteiger charge is 2.04. The number of pyridine rings is 1. The van der Waals surface area contributed by atoms with Gasteiger partial charge < -0.3 is 9.84 Å². The van der Waals surface area contributed by atoms with Crippen LogP contribution in [0.2, 0.25) is 0 Å². The van der Waals surface area contributed by atoms with Gasteiger partial charge in [-0.3, -0.25) is 4.98 Å². The number of ether oxygens (including phenoxy) is 1. The molecule has 0 bridgehead atoms. The third-order valence-electron chi connectivity index (χ3n) is 2.94. The van der Waals surface area contributed by atoms with Crippen LogP contribution < -0.4 is 4.74 Å². The molecule has 1 aromatic carbocycles. The molecule has 0 aliphatic heterocycles. The SMILES string of the molecule is COc1cccc(-c2cncc(/C(C)=C/C(=O)O)c2)c1. The average Bonchev–Trinajstić information content (AvgIpc) is 2.47. The molecule has 2 rings (SSSR count). The summed E-state index contributed by atoms with van der Waals surface area (Å²) < 4.78 is 5.20.